The Morgan fingerprint density at radius 1 is 1.07 bits per heavy atom. The van der Waals surface area contributed by atoms with Crippen molar-refractivity contribution in [3.63, 3.8) is 0 Å². The van der Waals surface area contributed by atoms with Gasteiger partial charge in [0.15, 0.2) is 0 Å². The summed E-state index contributed by atoms with van der Waals surface area (Å²) in [5, 5.41) is 2.78. The van der Waals surface area contributed by atoms with Gasteiger partial charge in [-0.25, -0.2) is 12.7 Å². The number of hydrogen-bond acceptors (Lipinski definition) is 5. The summed E-state index contributed by atoms with van der Waals surface area (Å²) >= 11 is 0. The molecule has 0 unspecified atom stereocenters. The predicted molar refractivity (Wildman–Crippen MR) is 105 cm³/mol. The monoisotopic (exact) mass is 391 g/mol. The van der Waals surface area contributed by atoms with E-state index in [0.717, 1.165) is 15.6 Å². The number of methoxy groups -OCH3 is 1. The smallest absolute Gasteiger partial charge is 0.242 e. The van der Waals surface area contributed by atoms with Gasteiger partial charge in [-0.05, 0) is 49.0 Å². The van der Waals surface area contributed by atoms with E-state index in [4.69, 9.17) is 4.74 Å². The highest BCUT2D eigenvalue weighted by Crippen LogP contribution is 2.17. The molecule has 0 saturated carbocycles. The third kappa shape index (κ3) is 5.78. The molecule has 0 saturated heterocycles. The molecule has 0 aliphatic rings. The number of carbonyl (C=O) groups excluding carboxylic acids is 1. The van der Waals surface area contributed by atoms with Gasteiger partial charge >= 0.3 is 0 Å². The number of anilines is 1. The molecule has 0 spiro atoms. The van der Waals surface area contributed by atoms with E-state index in [1.807, 2.05) is 36.2 Å². The van der Waals surface area contributed by atoms with Crippen LogP contribution in [0.25, 0.3) is 0 Å². The van der Waals surface area contributed by atoms with Crippen LogP contribution in [0, 0.1) is 0 Å². The van der Waals surface area contributed by atoms with E-state index in [-0.39, 0.29) is 17.3 Å². The largest absolute Gasteiger partial charge is 0.497 e. The molecule has 2 aromatic carbocycles. The van der Waals surface area contributed by atoms with Gasteiger partial charge in [-0.3, -0.25) is 9.69 Å². The highest BCUT2D eigenvalue weighted by atomic mass is 32.2. The van der Waals surface area contributed by atoms with Crippen molar-refractivity contribution < 1.29 is 17.9 Å². The minimum Gasteiger partial charge on any atom is -0.497 e. The van der Waals surface area contributed by atoms with Crippen LogP contribution in [0.5, 0.6) is 5.75 Å². The maximum Gasteiger partial charge on any atom is 0.242 e. The van der Waals surface area contributed by atoms with Gasteiger partial charge in [0.2, 0.25) is 15.9 Å². The molecule has 27 heavy (non-hydrogen) atoms. The second kappa shape index (κ2) is 8.98. The van der Waals surface area contributed by atoms with Crippen LogP contribution in [0.3, 0.4) is 0 Å². The maximum atomic E-state index is 12.2. The summed E-state index contributed by atoms with van der Waals surface area (Å²) in [5.74, 6) is 0.599. The fourth-order valence-corrected chi connectivity index (χ4v) is 3.41. The first kappa shape index (κ1) is 20.9. The van der Waals surface area contributed by atoms with Gasteiger partial charge in [-0.1, -0.05) is 12.1 Å². The number of hydrogen-bond donors (Lipinski definition) is 1. The number of carbonyl (C=O) groups is 1. The lowest BCUT2D eigenvalue weighted by Crippen LogP contribution is -2.29. The van der Waals surface area contributed by atoms with Crippen molar-refractivity contribution in [1.82, 2.24) is 9.21 Å². The molecule has 0 atom stereocenters. The number of ether oxygens (including phenoxy) is 1. The zero-order valence-electron chi connectivity index (χ0n) is 16.0. The quantitative estimate of drug-likeness (QED) is 0.745. The van der Waals surface area contributed by atoms with E-state index in [1.54, 1.807) is 19.2 Å². The molecule has 2 rings (SSSR count). The highest BCUT2D eigenvalue weighted by Gasteiger charge is 2.17. The second-order valence-corrected chi connectivity index (χ2v) is 8.54. The molecule has 0 radical (unpaired) electrons. The van der Waals surface area contributed by atoms with Crippen molar-refractivity contribution in [1.29, 1.82) is 0 Å². The molecule has 7 nitrogen and oxygen atoms in total. The van der Waals surface area contributed by atoms with Crippen LogP contribution in [-0.2, 0) is 21.4 Å². The number of nitrogens with zero attached hydrogens (tertiary/aromatic N) is 2. The Labute approximate surface area is 160 Å². The summed E-state index contributed by atoms with van der Waals surface area (Å²) in [5.41, 5.74) is 1.59. The van der Waals surface area contributed by atoms with Crippen molar-refractivity contribution in [2.75, 3.05) is 40.1 Å². The van der Waals surface area contributed by atoms with E-state index in [9.17, 15) is 13.2 Å². The normalized spacial score (nSPS) is 11.6. The molecule has 0 heterocycles. The summed E-state index contributed by atoms with van der Waals surface area (Å²) < 4.78 is 30.5. The van der Waals surface area contributed by atoms with Gasteiger partial charge in [0.1, 0.15) is 5.75 Å². The summed E-state index contributed by atoms with van der Waals surface area (Å²) in [6.07, 6.45) is 0. The van der Waals surface area contributed by atoms with Crippen LogP contribution < -0.4 is 10.1 Å². The molecule has 146 valence electrons. The lowest BCUT2D eigenvalue weighted by molar-refractivity contribution is -0.117. The van der Waals surface area contributed by atoms with E-state index >= 15 is 0 Å². The zero-order valence-corrected chi connectivity index (χ0v) is 16.8. The Morgan fingerprint density at radius 3 is 2.33 bits per heavy atom. The molecule has 2 aromatic rings. The lowest BCUT2D eigenvalue weighted by Gasteiger charge is -2.17. The first-order valence-corrected chi connectivity index (χ1v) is 9.80. The van der Waals surface area contributed by atoms with Gasteiger partial charge in [0, 0.05) is 26.3 Å². The molecule has 0 aliphatic carbocycles. The zero-order chi connectivity index (χ0) is 20.0. The van der Waals surface area contributed by atoms with Gasteiger partial charge in [-0.2, -0.15) is 0 Å². The number of sulfonamides is 1. The summed E-state index contributed by atoms with van der Waals surface area (Å²) in [4.78, 5) is 14.3. The molecule has 0 bridgehead atoms. The number of likely N-dealkylation sites (N-methyl/N-ethyl adjacent to an activating group) is 1. The predicted octanol–water partition coefficient (Wildman–Crippen LogP) is 2.02. The van der Waals surface area contributed by atoms with Crippen LogP contribution in [-0.4, -0.2) is 58.3 Å². The Hall–Kier alpha value is -2.42. The first-order chi connectivity index (χ1) is 12.7. The molecule has 8 heteroatoms. The molecule has 0 aromatic heterocycles. The van der Waals surface area contributed by atoms with Crippen molar-refractivity contribution in [3.05, 3.63) is 54.1 Å². The maximum absolute atomic E-state index is 12.2. The number of amides is 1. The minimum absolute atomic E-state index is 0.177. The fraction of sp³-hybridized carbons (Fsp3) is 0.316. The van der Waals surface area contributed by atoms with Crippen LogP contribution in [0.1, 0.15) is 5.56 Å². The number of rotatable bonds is 8. The van der Waals surface area contributed by atoms with Gasteiger partial charge in [0.05, 0.1) is 18.6 Å². The van der Waals surface area contributed by atoms with Gasteiger partial charge in [0.25, 0.3) is 0 Å². The average molecular weight is 391 g/mol. The second-order valence-electron chi connectivity index (χ2n) is 6.38. The van der Waals surface area contributed by atoms with Crippen molar-refractivity contribution >= 4 is 21.6 Å². The van der Waals surface area contributed by atoms with Gasteiger partial charge in [-0.15, -0.1) is 0 Å². The third-order valence-electron chi connectivity index (χ3n) is 3.92. The topological polar surface area (TPSA) is 79.0 Å². The fourth-order valence-electron chi connectivity index (χ4n) is 2.51. The number of benzene rings is 2. The molecule has 1 N–H and O–H groups in total. The molecular formula is C19H25N3O4S. The molecule has 1 amide bonds. The van der Waals surface area contributed by atoms with E-state index in [1.165, 1.54) is 26.2 Å². The van der Waals surface area contributed by atoms with Crippen LogP contribution in [0.4, 0.5) is 5.69 Å². The van der Waals surface area contributed by atoms with Crippen LogP contribution >= 0.6 is 0 Å². The third-order valence-corrected chi connectivity index (χ3v) is 5.75. The van der Waals surface area contributed by atoms with Crippen molar-refractivity contribution in [2.45, 2.75) is 11.4 Å². The summed E-state index contributed by atoms with van der Waals surface area (Å²) in [6, 6.07) is 13.8. The molecule has 0 aliphatic heterocycles. The van der Waals surface area contributed by atoms with Crippen molar-refractivity contribution in [3.8, 4) is 5.75 Å². The Morgan fingerprint density at radius 2 is 1.74 bits per heavy atom. The summed E-state index contributed by atoms with van der Waals surface area (Å²) in [7, 11) is 2.94. The Kier molecular flexibility index (Phi) is 6.95. The highest BCUT2D eigenvalue weighted by molar-refractivity contribution is 7.89. The summed E-state index contributed by atoms with van der Waals surface area (Å²) in [6.45, 7) is 0.805. The SMILES string of the molecule is COc1cccc(CN(C)CC(=O)Nc2ccc(S(=O)(=O)N(C)C)cc2)c1. The standard InChI is InChI=1S/C19H25N3O4S/c1-21(2)27(24,25)18-10-8-16(9-11-18)20-19(23)14-22(3)13-15-6-5-7-17(12-15)26-4/h5-12H,13-14H2,1-4H3,(H,20,23). The average Bonchev–Trinajstić information content (AvgIpc) is 2.61. The molecule has 0 fully saturated rings. The van der Waals surface area contributed by atoms with Crippen LogP contribution in [0.2, 0.25) is 0 Å². The number of nitrogens with one attached hydrogen (secondary N) is 1. The van der Waals surface area contributed by atoms with Crippen LogP contribution in [0.15, 0.2) is 53.4 Å². The first-order valence-electron chi connectivity index (χ1n) is 8.36. The van der Waals surface area contributed by atoms with Gasteiger partial charge < -0.3 is 10.1 Å². The minimum atomic E-state index is -3.48. The Balaban J connectivity index is 1.93. The lowest BCUT2D eigenvalue weighted by atomic mass is 10.2. The van der Waals surface area contributed by atoms with E-state index < -0.39 is 10.0 Å². The van der Waals surface area contributed by atoms with E-state index in [0.29, 0.717) is 12.2 Å². The van der Waals surface area contributed by atoms with Crippen molar-refractivity contribution in [2.24, 2.45) is 0 Å². The Bertz CT molecular complexity index is 880. The van der Waals surface area contributed by atoms with E-state index in [2.05, 4.69) is 5.32 Å². The molecular weight excluding hydrogens is 366 g/mol.